The molecule has 0 saturated carbocycles. The van der Waals surface area contributed by atoms with E-state index in [-0.39, 0.29) is 10.6 Å². The average molecular weight is 352 g/mol. The van der Waals surface area contributed by atoms with Crippen LogP contribution in [-0.2, 0) is 6.42 Å². The Bertz CT molecular complexity index is 951. The summed E-state index contributed by atoms with van der Waals surface area (Å²) in [6.07, 6.45) is 0.653. The number of aromatic nitrogens is 4. The fourth-order valence-electron chi connectivity index (χ4n) is 2.73. The number of nitrogens with zero attached hydrogens (tertiary/aromatic N) is 5. The maximum Gasteiger partial charge on any atom is 0.269 e. The van der Waals surface area contributed by atoms with Gasteiger partial charge in [0.15, 0.2) is 0 Å². The molecule has 1 aromatic carbocycles. The first-order chi connectivity index (χ1) is 12.4. The molecule has 3 aromatic rings. The largest absolute Gasteiger partial charge is 0.370 e. The molecule has 0 bridgehead atoms. The zero-order chi connectivity index (χ0) is 18.7. The lowest BCUT2D eigenvalue weighted by molar-refractivity contribution is -0.384. The molecular formula is C18H20N6O2. The van der Waals surface area contributed by atoms with Crippen LogP contribution in [0.5, 0.6) is 0 Å². The Morgan fingerprint density at radius 3 is 2.62 bits per heavy atom. The predicted octanol–water partition coefficient (Wildman–Crippen LogP) is 3.15. The third kappa shape index (κ3) is 4.02. The van der Waals surface area contributed by atoms with Gasteiger partial charge in [0.1, 0.15) is 5.82 Å². The van der Waals surface area contributed by atoms with Gasteiger partial charge >= 0.3 is 0 Å². The van der Waals surface area contributed by atoms with Gasteiger partial charge in [0.2, 0.25) is 0 Å². The van der Waals surface area contributed by atoms with E-state index in [9.17, 15) is 10.1 Å². The molecule has 3 rings (SSSR count). The second-order valence-corrected chi connectivity index (χ2v) is 6.14. The van der Waals surface area contributed by atoms with Gasteiger partial charge in [0, 0.05) is 36.1 Å². The Morgan fingerprint density at radius 1 is 1.12 bits per heavy atom. The number of hydrogen-bond donors (Lipinski definition) is 1. The summed E-state index contributed by atoms with van der Waals surface area (Å²) in [6, 6.07) is 10.5. The normalized spacial score (nSPS) is 10.7. The number of nitro groups is 1. The van der Waals surface area contributed by atoms with Crippen molar-refractivity contribution in [2.45, 2.75) is 27.2 Å². The van der Waals surface area contributed by atoms with Crippen LogP contribution in [0.2, 0.25) is 0 Å². The van der Waals surface area contributed by atoms with Gasteiger partial charge < -0.3 is 5.32 Å². The molecule has 1 N–H and O–H groups in total. The molecule has 2 heterocycles. The Hall–Kier alpha value is -3.29. The molecule has 8 nitrogen and oxygen atoms in total. The lowest BCUT2D eigenvalue weighted by Gasteiger charge is -2.09. The minimum Gasteiger partial charge on any atom is -0.370 e. The van der Waals surface area contributed by atoms with E-state index in [1.165, 1.54) is 6.07 Å². The van der Waals surface area contributed by atoms with Crippen molar-refractivity contribution in [3.05, 3.63) is 69.2 Å². The second-order valence-electron chi connectivity index (χ2n) is 6.14. The quantitative estimate of drug-likeness (QED) is 0.540. The van der Waals surface area contributed by atoms with Crippen molar-refractivity contribution >= 4 is 11.5 Å². The van der Waals surface area contributed by atoms with Gasteiger partial charge in [0.05, 0.1) is 10.6 Å². The standard InChI is InChI=1S/C18H20N6O2/c1-12-10-17(21-18(20-12)23-14(3)9-13(2)22-23)19-8-7-15-5-4-6-16(11-15)24(25)26/h4-6,9-11H,7-8H2,1-3H3,(H,19,20,21). The first-order valence-electron chi connectivity index (χ1n) is 8.29. The highest BCUT2D eigenvalue weighted by atomic mass is 16.6. The van der Waals surface area contributed by atoms with Crippen LogP contribution in [0.15, 0.2) is 36.4 Å². The molecule has 0 aliphatic carbocycles. The molecule has 134 valence electrons. The number of non-ortho nitro benzene ring substituents is 1. The van der Waals surface area contributed by atoms with Crippen LogP contribution in [0.25, 0.3) is 5.95 Å². The van der Waals surface area contributed by atoms with E-state index in [1.54, 1.807) is 16.8 Å². The first-order valence-corrected chi connectivity index (χ1v) is 8.29. The minimum absolute atomic E-state index is 0.104. The van der Waals surface area contributed by atoms with E-state index in [1.807, 2.05) is 39.0 Å². The van der Waals surface area contributed by atoms with Gasteiger partial charge in [-0.3, -0.25) is 10.1 Å². The lowest BCUT2D eigenvalue weighted by Crippen LogP contribution is -2.11. The molecular weight excluding hydrogens is 332 g/mol. The van der Waals surface area contributed by atoms with E-state index in [0.717, 1.165) is 22.6 Å². The number of aryl methyl sites for hydroxylation is 3. The Labute approximate surface area is 151 Å². The van der Waals surface area contributed by atoms with Crippen molar-refractivity contribution in [2.75, 3.05) is 11.9 Å². The summed E-state index contributed by atoms with van der Waals surface area (Å²) in [4.78, 5) is 19.4. The predicted molar refractivity (Wildman–Crippen MR) is 98.7 cm³/mol. The summed E-state index contributed by atoms with van der Waals surface area (Å²) in [6.45, 7) is 6.40. The van der Waals surface area contributed by atoms with Crippen LogP contribution >= 0.6 is 0 Å². The van der Waals surface area contributed by atoms with Crippen LogP contribution in [0.4, 0.5) is 11.5 Å². The summed E-state index contributed by atoms with van der Waals surface area (Å²) in [5.74, 6) is 1.22. The molecule has 0 unspecified atom stereocenters. The smallest absolute Gasteiger partial charge is 0.269 e. The second kappa shape index (κ2) is 7.30. The fourth-order valence-corrected chi connectivity index (χ4v) is 2.73. The van der Waals surface area contributed by atoms with Gasteiger partial charge in [-0.25, -0.2) is 9.67 Å². The van der Waals surface area contributed by atoms with Crippen LogP contribution in [-0.4, -0.2) is 31.2 Å². The molecule has 0 aliphatic rings. The molecule has 8 heteroatoms. The van der Waals surface area contributed by atoms with Gasteiger partial charge in [-0.1, -0.05) is 12.1 Å². The van der Waals surface area contributed by atoms with E-state index in [0.29, 0.717) is 24.7 Å². The Kier molecular flexibility index (Phi) is 4.92. The van der Waals surface area contributed by atoms with Gasteiger partial charge in [0.25, 0.3) is 11.6 Å². The van der Waals surface area contributed by atoms with Crippen LogP contribution < -0.4 is 5.32 Å². The van der Waals surface area contributed by atoms with E-state index in [4.69, 9.17) is 0 Å². The van der Waals surface area contributed by atoms with Gasteiger partial charge in [-0.05, 0) is 38.8 Å². The van der Waals surface area contributed by atoms with Crippen molar-refractivity contribution in [3.8, 4) is 5.95 Å². The molecule has 0 spiro atoms. The molecule has 26 heavy (non-hydrogen) atoms. The summed E-state index contributed by atoms with van der Waals surface area (Å²) >= 11 is 0. The third-order valence-electron chi connectivity index (χ3n) is 3.88. The Balaban J connectivity index is 1.71. The van der Waals surface area contributed by atoms with Crippen molar-refractivity contribution in [3.63, 3.8) is 0 Å². The molecule has 0 atom stereocenters. The summed E-state index contributed by atoms with van der Waals surface area (Å²) in [5.41, 5.74) is 3.72. The van der Waals surface area contributed by atoms with E-state index in [2.05, 4.69) is 20.4 Å². The first kappa shape index (κ1) is 17.5. The molecule has 2 aromatic heterocycles. The number of nitrogens with one attached hydrogen (secondary N) is 1. The van der Waals surface area contributed by atoms with Crippen molar-refractivity contribution < 1.29 is 4.92 Å². The molecule has 0 aliphatic heterocycles. The topological polar surface area (TPSA) is 98.8 Å². The molecule has 0 amide bonds. The zero-order valence-corrected chi connectivity index (χ0v) is 14.9. The highest BCUT2D eigenvalue weighted by Gasteiger charge is 2.09. The lowest BCUT2D eigenvalue weighted by atomic mass is 10.1. The summed E-state index contributed by atoms with van der Waals surface area (Å²) in [7, 11) is 0. The minimum atomic E-state index is -0.384. The number of benzene rings is 1. The van der Waals surface area contributed by atoms with Crippen LogP contribution in [0.3, 0.4) is 0 Å². The zero-order valence-electron chi connectivity index (χ0n) is 14.9. The van der Waals surface area contributed by atoms with Crippen LogP contribution in [0.1, 0.15) is 22.6 Å². The van der Waals surface area contributed by atoms with E-state index >= 15 is 0 Å². The van der Waals surface area contributed by atoms with Crippen molar-refractivity contribution in [1.82, 2.24) is 19.7 Å². The number of hydrogen-bond acceptors (Lipinski definition) is 6. The highest BCUT2D eigenvalue weighted by Crippen LogP contribution is 2.15. The monoisotopic (exact) mass is 352 g/mol. The maximum absolute atomic E-state index is 10.9. The van der Waals surface area contributed by atoms with E-state index < -0.39 is 0 Å². The average Bonchev–Trinajstić information content (AvgIpc) is 2.93. The van der Waals surface area contributed by atoms with Crippen LogP contribution in [0, 0.1) is 30.9 Å². The van der Waals surface area contributed by atoms with Gasteiger partial charge in [-0.15, -0.1) is 0 Å². The third-order valence-corrected chi connectivity index (χ3v) is 3.88. The number of anilines is 1. The van der Waals surface area contributed by atoms with Crippen molar-refractivity contribution in [2.24, 2.45) is 0 Å². The van der Waals surface area contributed by atoms with Crippen molar-refractivity contribution in [1.29, 1.82) is 0 Å². The SMILES string of the molecule is Cc1cc(NCCc2cccc([N+](=O)[O-])c2)nc(-n2nc(C)cc2C)n1. The summed E-state index contributed by atoms with van der Waals surface area (Å²) < 4.78 is 1.72. The summed E-state index contributed by atoms with van der Waals surface area (Å²) in [5, 5.41) is 18.5. The number of nitro benzene ring substituents is 1. The highest BCUT2D eigenvalue weighted by molar-refractivity contribution is 5.40. The Morgan fingerprint density at radius 2 is 1.92 bits per heavy atom. The molecule has 0 fully saturated rings. The van der Waals surface area contributed by atoms with Gasteiger partial charge in [-0.2, -0.15) is 10.1 Å². The maximum atomic E-state index is 10.9. The molecule has 0 radical (unpaired) electrons. The number of rotatable bonds is 6. The fraction of sp³-hybridized carbons (Fsp3) is 0.278. The molecule has 0 saturated heterocycles.